The molecule has 3 nitrogen and oxygen atoms in total. The van der Waals surface area contributed by atoms with E-state index in [0.29, 0.717) is 0 Å². The number of benzene rings is 7. The Hall–Kier alpha value is -6.71. The summed E-state index contributed by atoms with van der Waals surface area (Å²) in [6.45, 7) is 0. The first kappa shape index (κ1) is 28.2. The second-order valence-corrected chi connectivity index (χ2v) is 13.5. The Morgan fingerprint density at radius 3 is 1.31 bits per heavy atom. The minimum Gasteiger partial charge on any atom is -0.309 e. The molecule has 1 aliphatic rings. The Balaban J connectivity index is 1.23. The van der Waals surface area contributed by atoms with E-state index in [2.05, 4.69) is 191 Å². The summed E-state index contributed by atoms with van der Waals surface area (Å²) in [4.78, 5) is 5.04. The quantitative estimate of drug-likeness (QED) is 0.186. The number of nitrogens with zero attached hydrogens (tertiary/aromatic N) is 3. The number of rotatable bonds is 4. The fourth-order valence-corrected chi connectivity index (χ4v) is 9.03. The van der Waals surface area contributed by atoms with Crippen LogP contribution < -0.4 is 0 Å². The van der Waals surface area contributed by atoms with Crippen LogP contribution in [0.5, 0.6) is 0 Å². The number of para-hydroxylation sites is 4. The predicted octanol–water partition coefficient (Wildman–Crippen LogP) is 11.6. The van der Waals surface area contributed by atoms with Gasteiger partial charge in [-0.3, -0.25) is 4.98 Å². The van der Waals surface area contributed by atoms with Crippen LogP contribution in [0.2, 0.25) is 0 Å². The second-order valence-electron chi connectivity index (χ2n) is 13.5. The summed E-state index contributed by atoms with van der Waals surface area (Å²) in [5.41, 5.74) is 13.6. The van der Waals surface area contributed by atoms with E-state index in [0.717, 1.165) is 17.1 Å². The standard InChI is InChI=1S/C48H31N3/c1-6-23-41-40(22-1)47-42(24-13-29-49-47)48(41,32-14-11-16-34(30-32)50-43-25-7-2-18-36(43)37-19-3-8-26-44(37)50)33-15-12-17-35(31-33)51-45-27-9-4-20-38(45)39-21-5-10-28-46(39)51/h1-31H. The third-order valence-electron chi connectivity index (χ3n) is 11.0. The SMILES string of the molecule is c1cc(-n2c3ccccc3c3ccccc32)cc(C2(c3cccc(-n4c5ccccc5c5ccccc54)c3)c3ccccc3-c3ncccc32)c1. The minimum absolute atomic E-state index is 0.607. The third kappa shape index (κ3) is 3.80. The largest absolute Gasteiger partial charge is 0.309 e. The van der Waals surface area contributed by atoms with E-state index in [4.69, 9.17) is 4.98 Å². The molecule has 1 aliphatic carbocycles. The highest BCUT2D eigenvalue weighted by atomic mass is 15.0. The summed E-state index contributed by atoms with van der Waals surface area (Å²) in [5, 5.41) is 5.03. The van der Waals surface area contributed by atoms with Crippen LogP contribution in [-0.2, 0) is 5.41 Å². The smallest absolute Gasteiger partial charge is 0.0753 e. The normalized spacial score (nSPS) is 13.3. The summed E-state index contributed by atoms with van der Waals surface area (Å²) in [6.07, 6.45) is 1.93. The molecular formula is C48H31N3. The van der Waals surface area contributed by atoms with Crippen molar-refractivity contribution in [3.8, 4) is 22.6 Å². The van der Waals surface area contributed by atoms with E-state index < -0.39 is 5.41 Å². The van der Waals surface area contributed by atoms with Gasteiger partial charge in [0.25, 0.3) is 0 Å². The molecule has 0 bridgehead atoms. The molecule has 7 aromatic carbocycles. The summed E-state index contributed by atoms with van der Waals surface area (Å²) in [7, 11) is 0. The van der Waals surface area contributed by atoms with E-state index in [1.165, 1.54) is 71.4 Å². The van der Waals surface area contributed by atoms with Crippen molar-refractivity contribution in [3.63, 3.8) is 0 Å². The molecule has 0 amide bonds. The average Bonchev–Trinajstić information content (AvgIpc) is 3.83. The second kappa shape index (κ2) is 10.6. The molecule has 0 aliphatic heterocycles. The zero-order valence-corrected chi connectivity index (χ0v) is 27.7. The molecule has 0 atom stereocenters. The highest BCUT2D eigenvalue weighted by molar-refractivity contribution is 6.10. The van der Waals surface area contributed by atoms with Gasteiger partial charge in [0.05, 0.1) is 33.2 Å². The highest BCUT2D eigenvalue weighted by Gasteiger charge is 2.47. The van der Waals surface area contributed by atoms with Gasteiger partial charge in [-0.15, -0.1) is 0 Å². The van der Waals surface area contributed by atoms with Crippen LogP contribution in [-0.4, -0.2) is 14.1 Å². The first-order chi connectivity index (χ1) is 25.3. The van der Waals surface area contributed by atoms with Crippen molar-refractivity contribution in [2.75, 3.05) is 0 Å². The maximum absolute atomic E-state index is 5.04. The lowest BCUT2D eigenvalue weighted by Crippen LogP contribution is -2.29. The molecule has 0 saturated heterocycles. The Morgan fingerprint density at radius 1 is 0.373 bits per heavy atom. The van der Waals surface area contributed by atoms with Crippen LogP contribution in [0, 0.1) is 0 Å². The summed E-state index contributed by atoms with van der Waals surface area (Å²) in [6, 6.07) is 66.5. The molecule has 0 unspecified atom stereocenters. The predicted molar refractivity (Wildman–Crippen MR) is 210 cm³/mol. The lowest BCUT2D eigenvalue weighted by molar-refractivity contribution is 0.764. The summed E-state index contributed by atoms with van der Waals surface area (Å²) >= 11 is 0. The van der Waals surface area contributed by atoms with Crippen LogP contribution >= 0.6 is 0 Å². The molecule has 0 N–H and O–H groups in total. The number of fused-ring (bicyclic) bond motifs is 9. The van der Waals surface area contributed by atoms with Crippen molar-refractivity contribution in [1.82, 2.24) is 14.1 Å². The van der Waals surface area contributed by atoms with E-state index in [9.17, 15) is 0 Å². The van der Waals surface area contributed by atoms with Crippen LogP contribution in [0.3, 0.4) is 0 Å². The molecule has 0 saturated carbocycles. The van der Waals surface area contributed by atoms with Crippen molar-refractivity contribution in [2.24, 2.45) is 0 Å². The Kier molecular flexibility index (Phi) is 5.88. The van der Waals surface area contributed by atoms with Gasteiger partial charge < -0.3 is 9.13 Å². The number of aromatic nitrogens is 3. The number of pyridine rings is 1. The number of hydrogen-bond acceptors (Lipinski definition) is 1. The zero-order valence-electron chi connectivity index (χ0n) is 27.7. The third-order valence-corrected chi connectivity index (χ3v) is 11.0. The summed E-state index contributed by atoms with van der Waals surface area (Å²) < 4.78 is 4.84. The average molecular weight is 650 g/mol. The summed E-state index contributed by atoms with van der Waals surface area (Å²) in [5.74, 6) is 0. The maximum Gasteiger partial charge on any atom is 0.0753 e. The molecule has 238 valence electrons. The van der Waals surface area contributed by atoms with E-state index in [1.54, 1.807) is 0 Å². The fraction of sp³-hybridized carbons (Fsp3) is 0.0208. The van der Waals surface area contributed by atoms with Crippen molar-refractivity contribution in [3.05, 3.63) is 210 Å². The van der Waals surface area contributed by atoms with Gasteiger partial charge in [0.15, 0.2) is 0 Å². The molecule has 0 spiro atoms. The lowest BCUT2D eigenvalue weighted by Gasteiger charge is -2.34. The van der Waals surface area contributed by atoms with Crippen molar-refractivity contribution < 1.29 is 0 Å². The molecule has 3 heterocycles. The molecule has 51 heavy (non-hydrogen) atoms. The van der Waals surface area contributed by atoms with Gasteiger partial charge in [0.2, 0.25) is 0 Å². The monoisotopic (exact) mass is 649 g/mol. The minimum atomic E-state index is -0.607. The van der Waals surface area contributed by atoms with Gasteiger partial charge in [-0.25, -0.2) is 0 Å². The molecular weight excluding hydrogens is 619 g/mol. The van der Waals surface area contributed by atoms with E-state index in [1.807, 2.05) is 6.20 Å². The molecule has 10 aromatic rings. The van der Waals surface area contributed by atoms with E-state index in [-0.39, 0.29) is 0 Å². The van der Waals surface area contributed by atoms with Crippen molar-refractivity contribution in [2.45, 2.75) is 5.41 Å². The fourth-order valence-electron chi connectivity index (χ4n) is 9.03. The van der Waals surface area contributed by atoms with Crippen LogP contribution in [0.15, 0.2) is 188 Å². The Labute approximate surface area is 295 Å². The first-order valence-electron chi connectivity index (χ1n) is 17.6. The van der Waals surface area contributed by atoms with Gasteiger partial charge >= 0.3 is 0 Å². The topological polar surface area (TPSA) is 22.8 Å². The molecule has 0 radical (unpaired) electrons. The van der Waals surface area contributed by atoms with Crippen molar-refractivity contribution >= 4 is 43.6 Å². The Bertz CT molecular complexity index is 2680. The van der Waals surface area contributed by atoms with Gasteiger partial charge in [0, 0.05) is 44.7 Å². The molecule has 3 aromatic heterocycles. The highest BCUT2D eigenvalue weighted by Crippen LogP contribution is 2.56. The van der Waals surface area contributed by atoms with Gasteiger partial charge in [-0.05, 0) is 76.9 Å². The first-order valence-corrected chi connectivity index (χ1v) is 17.6. The van der Waals surface area contributed by atoms with Crippen LogP contribution in [0.4, 0.5) is 0 Å². The molecule has 0 fully saturated rings. The maximum atomic E-state index is 5.04. The van der Waals surface area contributed by atoms with Gasteiger partial charge in [-0.1, -0.05) is 127 Å². The molecule has 11 rings (SSSR count). The van der Waals surface area contributed by atoms with Crippen molar-refractivity contribution in [1.29, 1.82) is 0 Å². The van der Waals surface area contributed by atoms with Crippen LogP contribution in [0.25, 0.3) is 66.2 Å². The Morgan fingerprint density at radius 2 is 0.804 bits per heavy atom. The lowest BCUT2D eigenvalue weighted by atomic mass is 9.67. The van der Waals surface area contributed by atoms with Gasteiger partial charge in [0.1, 0.15) is 0 Å². The molecule has 3 heteroatoms. The van der Waals surface area contributed by atoms with E-state index >= 15 is 0 Å². The van der Waals surface area contributed by atoms with Gasteiger partial charge in [-0.2, -0.15) is 0 Å². The number of hydrogen-bond donors (Lipinski definition) is 0. The zero-order chi connectivity index (χ0) is 33.5. The van der Waals surface area contributed by atoms with Crippen LogP contribution in [0.1, 0.15) is 22.3 Å².